The SMILES string of the molecule is COc1ccccc1C(=O)N1CCCC1COc1ccc(C(=O)N2CCCC2)cc1. The van der Waals surface area contributed by atoms with E-state index in [-0.39, 0.29) is 17.9 Å². The molecule has 1 atom stereocenters. The average molecular weight is 408 g/mol. The van der Waals surface area contributed by atoms with Gasteiger partial charge in [0, 0.05) is 25.2 Å². The summed E-state index contributed by atoms with van der Waals surface area (Å²) in [6, 6.07) is 14.7. The van der Waals surface area contributed by atoms with Crippen molar-refractivity contribution in [3.05, 3.63) is 59.7 Å². The molecule has 0 aromatic heterocycles. The molecule has 6 nitrogen and oxygen atoms in total. The van der Waals surface area contributed by atoms with Crippen molar-refractivity contribution in [2.24, 2.45) is 0 Å². The second-order valence-electron chi connectivity index (χ2n) is 7.83. The van der Waals surface area contributed by atoms with E-state index in [0.717, 1.165) is 38.8 Å². The van der Waals surface area contributed by atoms with Crippen LogP contribution in [0, 0.1) is 0 Å². The molecule has 2 amide bonds. The number of methoxy groups -OCH3 is 1. The molecule has 0 radical (unpaired) electrons. The van der Waals surface area contributed by atoms with Crippen molar-refractivity contribution in [3.8, 4) is 11.5 Å². The molecule has 2 fully saturated rings. The fourth-order valence-electron chi connectivity index (χ4n) is 4.24. The van der Waals surface area contributed by atoms with E-state index >= 15 is 0 Å². The van der Waals surface area contributed by atoms with Gasteiger partial charge in [0.2, 0.25) is 0 Å². The van der Waals surface area contributed by atoms with Crippen LogP contribution >= 0.6 is 0 Å². The number of likely N-dealkylation sites (tertiary alicyclic amines) is 2. The van der Waals surface area contributed by atoms with Crippen molar-refractivity contribution in [2.75, 3.05) is 33.4 Å². The van der Waals surface area contributed by atoms with Gasteiger partial charge in [-0.25, -0.2) is 0 Å². The summed E-state index contributed by atoms with van der Waals surface area (Å²) in [7, 11) is 1.58. The Kier molecular flexibility index (Phi) is 6.21. The Morgan fingerprint density at radius 2 is 1.67 bits per heavy atom. The van der Waals surface area contributed by atoms with Crippen molar-refractivity contribution in [3.63, 3.8) is 0 Å². The summed E-state index contributed by atoms with van der Waals surface area (Å²) in [4.78, 5) is 29.3. The maximum atomic E-state index is 13.0. The van der Waals surface area contributed by atoms with Gasteiger partial charge in [0.15, 0.2) is 0 Å². The predicted octanol–water partition coefficient (Wildman–Crippen LogP) is 3.61. The molecule has 2 aromatic carbocycles. The summed E-state index contributed by atoms with van der Waals surface area (Å²) in [6.45, 7) is 2.83. The molecule has 0 saturated carbocycles. The molecule has 4 rings (SSSR count). The van der Waals surface area contributed by atoms with Crippen molar-refractivity contribution in [1.82, 2.24) is 9.80 Å². The van der Waals surface area contributed by atoms with Gasteiger partial charge in [0.25, 0.3) is 11.8 Å². The summed E-state index contributed by atoms with van der Waals surface area (Å²) in [6.07, 6.45) is 4.03. The number of amides is 2. The lowest BCUT2D eigenvalue weighted by atomic mass is 10.1. The molecule has 6 heteroatoms. The van der Waals surface area contributed by atoms with Gasteiger partial charge in [0.1, 0.15) is 18.1 Å². The summed E-state index contributed by atoms with van der Waals surface area (Å²) in [5, 5.41) is 0. The van der Waals surface area contributed by atoms with Gasteiger partial charge >= 0.3 is 0 Å². The summed E-state index contributed by atoms with van der Waals surface area (Å²) < 4.78 is 11.3. The predicted molar refractivity (Wildman–Crippen MR) is 114 cm³/mol. The first-order valence-electron chi connectivity index (χ1n) is 10.6. The monoisotopic (exact) mass is 408 g/mol. The molecule has 2 heterocycles. The van der Waals surface area contributed by atoms with Crippen LogP contribution in [0.1, 0.15) is 46.4 Å². The lowest BCUT2D eigenvalue weighted by Gasteiger charge is -2.25. The Bertz CT molecular complexity index is 890. The van der Waals surface area contributed by atoms with Crippen LogP contribution in [-0.2, 0) is 0 Å². The van der Waals surface area contributed by atoms with Crippen molar-refractivity contribution in [2.45, 2.75) is 31.7 Å². The molecule has 0 spiro atoms. The van der Waals surface area contributed by atoms with Gasteiger partial charge in [-0.15, -0.1) is 0 Å². The first-order chi connectivity index (χ1) is 14.7. The maximum Gasteiger partial charge on any atom is 0.257 e. The average Bonchev–Trinajstić information content (AvgIpc) is 3.49. The van der Waals surface area contributed by atoms with E-state index in [1.54, 1.807) is 19.2 Å². The zero-order valence-corrected chi connectivity index (χ0v) is 17.4. The highest BCUT2D eigenvalue weighted by atomic mass is 16.5. The quantitative estimate of drug-likeness (QED) is 0.733. The van der Waals surface area contributed by atoms with Crippen LogP contribution in [0.4, 0.5) is 0 Å². The van der Waals surface area contributed by atoms with Crippen molar-refractivity contribution >= 4 is 11.8 Å². The van der Waals surface area contributed by atoms with E-state index in [1.807, 2.05) is 46.2 Å². The van der Waals surface area contributed by atoms with Gasteiger partial charge in [0.05, 0.1) is 18.7 Å². The highest BCUT2D eigenvalue weighted by Crippen LogP contribution is 2.26. The van der Waals surface area contributed by atoms with Crippen LogP contribution in [0.3, 0.4) is 0 Å². The van der Waals surface area contributed by atoms with E-state index in [1.165, 1.54) is 0 Å². The smallest absolute Gasteiger partial charge is 0.257 e. The third-order valence-electron chi connectivity index (χ3n) is 5.91. The summed E-state index contributed by atoms with van der Waals surface area (Å²) in [5.41, 5.74) is 1.27. The zero-order chi connectivity index (χ0) is 20.9. The number of rotatable bonds is 6. The number of ether oxygens (including phenoxy) is 2. The number of hydrogen-bond acceptors (Lipinski definition) is 4. The Morgan fingerprint density at radius 3 is 2.40 bits per heavy atom. The van der Waals surface area contributed by atoms with Gasteiger partial charge in [-0.2, -0.15) is 0 Å². The van der Waals surface area contributed by atoms with Gasteiger partial charge in [-0.05, 0) is 62.1 Å². The number of benzene rings is 2. The first-order valence-corrected chi connectivity index (χ1v) is 10.6. The third-order valence-corrected chi connectivity index (χ3v) is 5.91. The Hall–Kier alpha value is -3.02. The molecule has 30 heavy (non-hydrogen) atoms. The van der Waals surface area contributed by atoms with Crippen LogP contribution < -0.4 is 9.47 Å². The molecule has 0 aliphatic carbocycles. The highest BCUT2D eigenvalue weighted by Gasteiger charge is 2.31. The Labute approximate surface area is 177 Å². The Morgan fingerprint density at radius 1 is 0.933 bits per heavy atom. The number of carbonyl (C=O) groups is 2. The van der Waals surface area contributed by atoms with Crippen LogP contribution in [-0.4, -0.2) is 61.0 Å². The van der Waals surface area contributed by atoms with Crippen LogP contribution in [0.5, 0.6) is 11.5 Å². The second-order valence-corrected chi connectivity index (χ2v) is 7.83. The number of hydrogen-bond donors (Lipinski definition) is 0. The molecule has 0 bridgehead atoms. The normalized spacial score (nSPS) is 18.5. The third kappa shape index (κ3) is 4.27. The highest BCUT2D eigenvalue weighted by molar-refractivity contribution is 5.97. The summed E-state index contributed by atoms with van der Waals surface area (Å²) >= 11 is 0. The minimum Gasteiger partial charge on any atom is -0.496 e. The largest absolute Gasteiger partial charge is 0.496 e. The van der Waals surface area contributed by atoms with Crippen LogP contribution in [0.15, 0.2) is 48.5 Å². The standard InChI is InChI=1S/C24H28N2O4/c1-29-22-9-3-2-8-21(22)24(28)26-16-6-7-19(26)17-30-20-12-10-18(11-13-20)23(27)25-14-4-5-15-25/h2-3,8-13,19H,4-7,14-17H2,1H3. The summed E-state index contributed by atoms with van der Waals surface area (Å²) in [5.74, 6) is 1.37. The minimum atomic E-state index is -0.0230. The fourth-order valence-corrected chi connectivity index (χ4v) is 4.24. The zero-order valence-electron chi connectivity index (χ0n) is 17.4. The number of para-hydroxylation sites is 1. The molecular weight excluding hydrogens is 380 g/mol. The fraction of sp³-hybridized carbons (Fsp3) is 0.417. The van der Waals surface area contributed by atoms with Gasteiger partial charge in [-0.1, -0.05) is 12.1 Å². The molecular formula is C24H28N2O4. The van der Waals surface area contributed by atoms with E-state index in [9.17, 15) is 9.59 Å². The lowest BCUT2D eigenvalue weighted by Crippen LogP contribution is -2.39. The molecule has 0 N–H and O–H groups in total. The van der Waals surface area contributed by atoms with E-state index in [4.69, 9.17) is 9.47 Å². The van der Waals surface area contributed by atoms with Crippen molar-refractivity contribution < 1.29 is 19.1 Å². The molecule has 2 aromatic rings. The molecule has 1 unspecified atom stereocenters. The van der Waals surface area contributed by atoms with E-state index in [0.29, 0.717) is 35.8 Å². The topological polar surface area (TPSA) is 59.1 Å². The molecule has 158 valence electrons. The van der Waals surface area contributed by atoms with Crippen molar-refractivity contribution in [1.29, 1.82) is 0 Å². The maximum absolute atomic E-state index is 13.0. The Balaban J connectivity index is 1.37. The van der Waals surface area contributed by atoms with Crippen LogP contribution in [0.2, 0.25) is 0 Å². The number of carbonyl (C=O) groups excluding carboxylic acids is 2. The van der Waals surface area contributed by atoms with Gasteiger partial charge in [-0.3, -0.25) is 9.59 Å². The lowest BCUT2D eigenvalue weighted by molar-refractivity contribution is 0.0687. The van der Waals surface area contributed by atoms with E-state index < -0.39 is 0 Å². The number of nitrogens with zero attached hydrogens (tertiary/aromatic N) is 2. The first kappa shape index (κ1) is 20.3. The molecule has 2 aliphatic heterocycles. The molecule has 2 saturated heterocycles. The van der Waals surface area contributed by atoms with Crippen LogP contribution in [0.25, 0.3) is 0 Å². The van der Waals surface area contributed by atoms with E-state index in [2.05, 4.69) is 0 Å². The molecule has 2 aliphatic rings. The van der Waals surface area contributed by atoms with Gasteiger partial charge < -0.3 is 19.3 Å². The minimum absolute atomic E-state index is 0.0216. The second kappa shape index (κ2) is 9.20.